The first-order valence-corrected chi connectivity index (χ1v) is 10.4. The number of rotatable bonds is 7. The van der Waals surface area contributed by atoms with E-state index in [0.717, 1.165) is 17.4 Å². The molecular weight excluding hydrogens is 362 g/mol. The van der Waals surface area contributed by atoms with Gasteiger partial charge in [0.25, 0.3) is 0 Å². The van der Waals surface area contributed by atoms with E-state index < -0.39 is 22.0 Å². The molecule has 2 aromatic rings. The van der Waals surface area contributed by atoms with Crippen molar-refractivity contribution in [2.75, 3.05) is 15.9 Å². The van der Waals surface area contributed by atoms with Crippen LogP contribution in [0.3, 0.4) is 0 Å². The number of benzene rings is 2. The van der Waals surface area contributed by atoms with Crippen LogP contribution < -0.4 is 9.62 Å². The number of nitrogens with one attached hydrogen (secondary N) is 1. The number of hydrogen-bond acceptors (Lipinski definition) is 4. The Morgan fingerprint density at radius 1 is 1.22 bits per heavy atom. The quantitative estimate of drug-likeness (QED) is 0.792. The third kappa shape index (κ3) is 5.31. The molecule has 0 radical (unpaired) electrons. The van der Waals surface area contributed by atoms with E-state index in [9.17, 15) is 13.2 Å². The number of carbonyl (C=O) groups is 1. The van der Waals surface area contributed by atoms with Gasteiger partial charge in [0.05, 0.1) is 24.4 Å². The zero-order chi connectivity index (χ0) is 20.0. The topological polar surface area (TPSA) is 90.3 Å². The number of aryl methyl sites for hydroxylation is 1. The van der Waals surface area contributed by atoms with Crippen molar-refractivity contribution in [3.63, 3.8) is 0 Å². The van der Waals surface area contributed by atoms with Gasteiger partial charge in [0.15, 0.2) is 0 Å². The lowest BCUT2D eigenvalue weighted by Crippen LogP contribution is -2.47. The number of anilines is 2. The van der Waals surface area contributed by atoms with Crippen LogP contribution in [0.5, 0.6) is 0 Å². The molecule has 0 aromatic heterocycles. The Labute approximate surface area is 160 Å². The number of nitrogens with zero attached hydrogens (tertiary/aromatic N) is 2. The molecule has 2 aromatic carbocycles. The molecule has 0 fully saturated rings. The minimum Gasteiger partial charge on any atom is -0.324 e. The maximum absolute atomic E-state index is 12.8. The lowest BCUT2D eigenvalue weighted by molar-refractivity contribution is -0.117. The van der Waals surface area contributed by atoms with Crippen LogP contribution in [0, 0.1) is 18.3 Å². The van der Waals surface area contributed by atoms with Gasteiger partial charge in [-0.05, 0) is 48.7 Å². The highest BCUT2D eigenvalue weighted by atomic mass is 32.2. The highest BCUT2D eigenvalue weighted by molar-refractivity contribution is 7.92. The van der Waals surface area contributed by atoms with Crippen LogP contribution in [0.1, 0.15) is 24.5 Å². The molecule has 0 heterocycles. The summed E-state index contributed by atoms with van der Waals surface area (Å²) in [4.78, 5) is 12.8. The van der Waals surface area contributed by atoms with E-state index in [0.29, 0.717) is 24.2 Å². The van der Waals surface area contributed by atoms with Crippen LogP contribution in [0.25, 0.3) is 0 Å². The van der Waals surface area contributed by atoms with Crippen LogP contribution in [0.4, 0.5) is 11.4 Å². The molecular formula is C20H23N3O3S. The first-order valence-electron chi connectivity index (χ1n) is 8.59. The normalized spacial score (nSPS) is 12.1. The van der Waals surface area contributed by atoms with Crippen molar-refractivity contribution in [2.45, 2.75) is 32.7 Å². The van der Waals surface area contributed by atoms with Gasteiger partial charge in [-0.3, -0.25) is 9.10 Å². The van der Waals surface area contributed by atoms with E-state index in [-0.39, 0.29) is 0 Å². The van der Waals surface area contributed by atoms with Gasteiger partial charge in [-0.15, -0.1) is 0 Å². The van der Waals surface area contributed by atoms with Crippen molar-refractivity contribution in [2.24, 2.45) is 0 Å². The summed E-state index contributed by atoms with van der Waals surface area (Å²) in [7, 11) is -3.66. The van der Waals surface area contributed by atoms with Gasteiger partial charge in [-0.1, -0.05) is 31.2 Å². The molecule has 1 N–H and O–H groups in total. The smallest absolute Gasteiger partial charge is 0.248 e. The molecule has 0 spiro atoms. The summed E-state index contributed by atoms with van der Waals surface area (Å²) in [5.41, 5.74) is 2.77. The average molecular weight is 385 g/mol. The standard InChI is InChI=1S/C20H23N3O3S/c1-4-19(20(24)22-17-10-8-16(9-11-17)12-13-21)23(27(3,25)26)18-7-5-6-15(2)14-18/h5-11,14,19H,4,12H2,1-3H3,(H,22,24). The molecule has 0 bridgehead atoms. The Morgan fingerprint density at radius 3 is 2.41 bits per heavy atom. The van der Waals surface area contributed by atoms with E-state index >= 15 is 0 Å². The monoisotopic (exact) mass is 385 g/mol. The van der Waals surface area contributed by atoms with E-state index in [1.807, 2.05) is 13.0 Å². The van der Waals surface area contributed by atoms with Crippen molar-refractivity contribution >= 4 is 27.3 Å². The summed E-state index contributed by atoms with van der Waals surface area (Å²) in [6.07, 6.45) is 1.71. The molecule has 2 rings (SSSR count). The van der Waals surface area contributed by atoms with Gasteiger partial charge < -0.3 is 5.32 Å². The van der Waals surface area contributed by atoms with E-state index in [1.54, 1.807) is 49.4 Å². The molecule has 0 saturated carbocycles. The number of sulfonamides is 1. The fourth-order valence-electron chi connectivity index (χ4n) is 2.85. The fourth-order valence-corrected chi connectivity index (χ4v) is 4.05. The van der Waals surface area contributed by atoms with Crippen LogP contribution >= 0.6 is 0 Å². The maximum Gasteiger partial charge on any atom is 0.248 e. The highest BCUT2D eigenvalue weighted by Gasteiger charge is 2.31. The summed E-state index contributed by atoms with van der Waals surface area (Å²) in [6, 6.07) is 15.2. The van der Waals surface area contributed by atoms with Gasteiger partial charge in [-0.2, -0.15) is 5.26 Å². The lowest BCUT2D eigenvalue weighted by atomic mass is 10.1. The van der Waals surface area contributed by atoms with Crippen molar-refractivity contribution in [3.8, 4) is 6.07 Å². The first kappa shape index (κ1) is 20.5. The van der Waals surface area contributed by atoms with E-state index in [4.69, 9.17) is 5.26 Å². The summed E-state index contributed by atoms with van der Waals surface area (Å²) < 4.78 is 26.0. The molecule has 142 valence electrons. The minimum atomic E-state index is -3.66. The van der Waals surface area contributed by atoms with Crippen molar-refractivity contribution in [1.29, 1.82) is 5.26 Å². The Balaban J connectivity index is 2.30. The molecule has 1 amide bonds. The molecule has 0 saturated heterocycles. The van der Waals surface area contributed by atoms with Crippen molar-refractivity contribution in [1.82, 2.24) is 0 Å². The lowest BCUT2D eigenvalue weighted by Gasteiger charge is -2.30. The van der Waals surface area contributed by atoms with Crippen LogP contribution in [-0.4, -0.2) is 26.6 Å². The van der Waals surface area contributed by atoms with Gasteiger partial charge in [0.1, 0.15) is 6.04 Å². The molecule has 6 nitrogen and oxygen atoms in total. The predicted octanol–water partition coefficient (Wildman–Crippen LogP) is 3.24. The molecule has 1 atom stereocenters. The zero-order valence-corrected chi connectivity index (χ0v) is 16.5. The summed E-state index contributed by atoms with van der Waals surface area (Å²) >= 11 is 0. The summed E-state index contributed by atoms with van der Waals surface area (Å²) in [5, 5.41) is 11.5. The van der Waals surface area contributed by atoms with Crippen LogP contribution in [0.2, 0.25) is 0 Å². The fraction of sp³-hybridized carbons (Fsp3) is 0.300. The van der Waals surface area contributed by atoms with Gasteiger partial charge in [-0.25, -0.2) is 8.42 Å². The van der Waals surface area contributed by atoms with Crippen molar-refractivity contribution < 1.29 is 13.2 Å². The molecule has 0 aliphatic rings. The average Bonchev–Trinajstić information content (AvgIpc) is 2.60. The Kier molecular flexibility index (Phi) is 6.59. The van der Waals surface area contributed by atoms with Crippen LogP contribution in [-0.2, 0) is 21.2 Å². The third-order valence-corrected chi connectivity index (χ3v) is 5.27. The second kappa shape index (κ2) is 8.69. The molecule has 0 aliphatic heterocycles. The van der Waals surface area contributed by atoms with Gasteiger partial charge in [0, 0.05) is 5.69 Å². The Hall–Kier alpha value is -2.85. The number of hydrogen-bond donors (Lipinski definition) is 1. The molecule has 1 unspecified atom stereocenters. The van der Waals surface area contributed by atoms with E-state index in [2.05, 4.69) is 11.4 Å². The minimum absolute atomic E-state index is 0.293. The van der Waals surface area contributed by atoms with Crippen molar-refractivity contribution in [3.05, 3.63) is 59.7 Å². The number of nitriles is 1. The summed E-state index contributed by atoms with van der Waals surface area (Å²) in [6.45, 7) is 3.64. The first-order chi connectivity index (χ1) is 12.8. The Bertz CT molecular complexity index is 947. The SMILES string of the molecule is CCC(C(=O)Nc1ccc(CC#N)cc1)N(c1cccc(C)c1)S(C)(=O)=O. The Morgan fingerprint density at radius 2 is 1.89 bits per heavy atom. The predicted molar refractivity (Wildman–Crippen MR) is 107 cm³/mol. The molecule has 27 heavy (non-hydrogen) atoms. The maximum atomic E-state index is 12.8. The summed E-state index contributed by atoms with van der Waals surface area (Å²) in [5.74, 6) is -0.405. The largest absolute Gasteiger partial charge is 0.324 e. The second-order valence-electron chi connectivity index (χ2n) is 6.34. The van der Waals surface area contributed by atoms with Crippen LogP contribution in [0.15, 0.2) is 48.5 Å². The third-order valence-electron chi connectivity index (χ3n) is 4.09. The zero-order valence-electron chi connectivity index (χ0n) is 15.6. The van der Waals surface area contributed by atoms with Gasteiger partial charge in [0.2, 0.25) is 15.9 Å². The second-order valence-corrected chi connectivity index (χ2v) is 8.20. The molecule has 7 heteroatoms. The molecule has 0 aliphatic carbocycles. The van der Waals surface area contributed by atoms with Gasteiger partial charge >= 0.3 is 0 Å². The van der Waals surface area contributed by atoms with E-state index in [1.165, 1.54) is 4.31 Å². The number of carbonyl (C=O) groups excluding carboxylic acids is 1. The highest BCUT2D eigenvalue weighted by Crippen LogP contribution is 2.24. The number of amides is 1.